The number of nitrogens with one attached hydrogen (secondary N) is 1. The minimum absolute atomic E-state index is 0. The van der Waals surface area contributed by atoms with Crippen molar-refractivity contribution in [2.45, 2.75) is 0 Å². The van der Waals surface area contributed by atoms with Gasteiger partial charge in [-0.05, 0) is 35.9 Å². The van der Waals surface area contributed by atoms with Crippen LogP contribution in [0.4, 0.5) is 11.5 Å². The zero-order valence-corrected chi connectivity index (χ0v) is 16.1. The molecule has 0 amide bonds. The number of rotatable bonds is 8. The maximum atomic E-state index is 9.07. The van der Waals surface area contributed by atoms with E-state index in [1.54, 1.807) is 12.1 Å². The molecule has 0 aliphatic carbocycles. The van der Waals surface area contributed by atoms with Crippen LogP contribution in [0, 0.1) is 12.3 Å². The molecular weight excluding hydrogens is 398 g/mol. The van der Waals surface area contributed by atoms with Crippen molar-refractivity contribution < 1.29 is 25.2 Å². The Hall–Kier alpha value is -3.09. The third-order valence-electron chi connectivity index (χ3n) is 3.72. The summed E-state index contributed by atoms with van der Waals surface area (Å²) in [6.07, 6.45) is 5.46. The molecule has 0 atom stereocenters. The molecule has 5 N–H and O–H groups in total. The fourth-order valence-electron chi connectivity index (χ4n) is 2.56. The van der Waals surface area contributed by atoms with Crippen LogP contribution >= 0.6 is 11.6 Å². The lowest BCUT2D eigenvalue weighted by molar-refractivity contribution is 0.178. The summed E-state index contributed by atoms with van der Waals surface area (Å²) in [5.41, 5.74) is 1.99. The van der Waals surface area contributed by atoms with Gasteiger partial charge in [-0.3, -0.25) is 0 Å². The smallest absolute Gasteiger partial charge is 0.224 e. The van der Waals surface area contributed by atoms with Crippen molar-refractivity contribution in [1.82, 2.24) is 9.97 Å². The molecule has 2 aromatic carbocycles. The van der Waals surface area contributed by atoms with Crippen molar-refractivity contribution in [1.29, 1.82) is 0 Å². The van der Waals surface area contributed by atoms with E-state index in [2.05, 4.69) is 21.2 Å². The third-order valence-corrected chi connectivity index (χ3v) is 3.89. The van der Waals surface area contributed by atoms with Gasteiger partial charge in [-0.15, -0.1) is 6.42 Å². The zero-order valence-electron chi connectivity index (χ0n) is 15.4. The highest BCUT2D eigenvalue weighted by molar-refractivity contribution is 6.28. The van der Waals surface area contributed by atoms with Crippen LogP contribution < -0.4 is 14.8 Å². The molecule has 0 fully saturated rings. The highest BCUT2D eigenvalue weighted by Gasteiger charge is 2.14. The van der Waals surface area contributed by atoms with E-state index < -0.39 is 0 Å². The van der Waals surface area contributed by atoms with E-state index in [0.29, 0.717) is 28.2 Å². The standard InChI is InChI=1S/C20H18ClN3O4.H2O/c1-2-13-4-3-5-14(10-13)22-19-15-11-17(27-8-6-25)18(28-9-7-26)12-16(15)23-20(21)24-19;/h1,3-5,10-12,25-26H,6-9H2,(H,22,23,24);1H2. The maximum Gasteiger partial charge on any atom is 0.224 e. The van der Waals surface area contributed by atoms with E-state index in [9.17, 15) is 0 Å². The van der Waals surface area contributed by atoms with E-state index in [-0.39, 0.29) is 37.2 Å². The first-order chi connectivity index (χ1) is 13.6. The monoisotopic (exact) mass is 417 g/mol. The first-order valence-electron chi connectivity index (χ1n) is 8.47. The van der Waals surface area contributed by atoms with Gasteiger partial charge in [0.25, 0.3) is 0 Å². The second kappa shape index (κ2) is 10.5. The predicted octanol–water partition coefficient (Wildman–Crippen LogP) is 1.93. The van der Waals surface area contributed by atoms with Gasteiger partial charge in [-0.1, -0.05) is 12.0 Å². The number of aromatic nitrogens is 2. The second-order valence-electron chi connectivity index (χ2n) is 5.65. The van der Waals surface area contributed by atoms with Crippen LogP contribution in [0.1, 0.15) is 5.56 Å². The van der Waals surface area contributed by atoms with Crippen LogP contribution in [-0.2, 0) is 0 Å². The predicted molar refractivity (Wildman–Crippen MR) is 111 cm³/mol. The van der Waals surface area contributed by atoms with Crippen LogP contribution in [0.2, 0.25) is 5.28 Å². The summed E-state index contributed by atoms with van der Waals surface area (Å²) in [6, 6.07) is 10.7. The van der Waals surface area contributed by atoms with E-state index in [1.165, 1.54) is 0 Å². The van der Waals surface area contributed by atoms with Gasteiger partial charge in [0.2, 0.25) is 5.28 Å². The number of hydrogen-bond acceptors (Lipinski definition) is 7. The lowest BCUT2D eigenvalue weighted by Crippen LogP contribution is -2.07. The second-order valence-corrected chi connectivity index (χ2v) is 5.99. The van der Waals surface area contributed by atoms with Crippen LogP contribution in [0.25, 0.3) is 10.9 Å². The number of hydrogen-bond donors (Lipinski definition) is 3. The van der Waals surface area contributed by atoms with Gasteiger partial charge in [-0.25, -0.2) is 4.98 Å². The number of ether oxygens (including phenoxy) is 2. The lowest BCUT2D eigenvalue weighted by Gasteiger charge is -2.15. The molecule has 0 aliphatic heterocycles. The normalized spacial score (nSPS) is 10.1. The molecule has 0 saturated carbocycles. The highest BCUT2D eigenvalue weighted by atomic mass is 35.5. The SMILES string of the molecule is C#Cc1cccc(Nc2nc(Cl)nc3cc(OCCO)c(OCCO)cc23)c1.O. The zero-order chi connectivity index (χ0) is 19.9. The summed E-state index contributed by atoms with van der Waals surface area (Å²) in [6.45, 7) is -0.134. The number of nitrogens with zero attached hydrogens (tertiary/aromatic N) is 2. The Labute approximate surface area is 172 Å². The van der Waals surface area contributed by atoms with Gasteiger partial charge < -0.3 is 30.5 Å². The lowest BCUT2D eigenvalue weighted by atomic mass is 10.2. The molecule has 0 unspecified atom stereocenters. The van der Waals surface area contributed by atoms with Gasteiger partial charge in [0.15, 0.2) is 11.5 Å². The molecule has 0 spiro atoms. The minimum atomic E-state index is -0.154. The Morgan fingerprint density at radius 3 is 2.38 bits per heavy atom. The third kappa shape index (κ3) is 5.47. The van der Waals surface area contributed by atoms with Crippen molar-refractivity contribution in [2.75, 3.05) is 31.7 Å². The molecule has 3 rings (SSSR count). The summed E-state index contributed by atoms with van der Waals surface area (Å²) in [4.78, 5) is 8.51. The molecule has 0 saturated heterocycles. The number of aliphatic hydroxyl groups is 2. The minimum Gasteiger partial charge on any atom is -0.487 e. The Morgan fingerprint density at radius 1 is 1.03 bits per heavy atom. The average Bonchev–Trinajstić information content (AvgIpc) is 2.70. The van der Waals surface area contributed by atoms with Gasteiger partial charge >= 0.3 is 0 Å². The van der Waals surface area contributed by atoms with Crippen LogP contribution in [-0.4, -0.2) is 52.1 Å². The fourth-order valence-corrected chi connectivity index (χ4v) is 2.74. The quantitative estimate of drug-likeness (QED) is 0.377. The van der Waals surface area contributed by atoms with Crippen molar-refractivity contribution in [3.63, 3.8) is 0 Å². The van der Waals surface area contributed by atoms with Crippen molar-refractivity contribution in [3.05, 3.63) is 47.2 Å². The van der Waals surface area contributed by atoms with Crippen LogP contribution in [0.5, 0.6) is 11.5 Å². The molecule has 1 aromatic heterocycles. The molecule has 29 heavy (non-hydrogen) atoms. The summed E-state index contributed by atoms with van der Waals surface area (Å²) < 4.78 is 11.1. The fraction of sp³-hybridized carbons (Fsp3) is 0.200. The van der Waals surface area contributed by atoms with Crippen LogP contribution in [0.15, 0.2) is 36.4 Å². The molecule has 0 bridgehead atoms. The van der Waals surface area contributed by atoms with Gasteiger partial charge in [0.05, 0.1) is 18.7 Å². The average molecular weight is 418 g/mol. The maximum absolute atomic E-state index is 9.07. The molecule has 8 nitrogen and oxygen atoms in total. The number of aliphatic hydroxyl groups excluding tert-OH is 2. The first-order valence-corrected chi connectivity index (χ1v) is 8.84. The van der Waals surface area contributed by atoms with E-state index >= 15 is 0 Å². The van der Waals surface area contributed by atoms with Crippen molar-refractivity contribution in [2.24, 2.45) is 0 Å². The molecule has 9 heteroatoms. The Morgan fingerprint density at radius 2 is 1.72 bits per heavy atom. The summed E-state index contributed by atoms with van der Waals surface area (Å²) in [5.74, 6) is 3.82. The van der Waals surface area contributed by atoms with E-state index in [0.717, 1.165) is 11.3 Å². The number of fused-ring (bicyclic) bond motifs is 1. The largest absolute Gasteiger partial charge is 0.487 e. The Balaban J connectivity index is 0.00000300. The molecule has 3 aromatic rings. The highest BCUT2D eigenvalue weighted by Crippen LogP contribution is 2.36. The topological polar surface area (TPSA) is 128 Å². The molecule has 0 radical (unpaired) electrons. The summed E-state index contributed by atoms with van der Waals surface area (Å²) in [5, 5.41) is 22.0. The number of terminal acetylenes is 1. The molecular formula is C20H20ClN3O5. The van der Waals surface area contributed by atoms with E-state index in [1.807, 2.05) is 24.3 Å². The Bertz CT molecular complexity index is 1020. The number of benzene rings is 2. The number of halogens is 1. The van der Waals surface area contributed by atoms with Gasteiger partial charge in [-0.2, -0.15) is 4.98 Å². The Kier molecular flexibility index (Phi) is 8.00. The first kappa shape index (κ1) is 22.2. The van der Waals surface area contributed by atoms with Crippen LogP contribution in [0.3, 0.4) is 0 Å². The van der Waals surface area contributed by atoms with Gasteiger partial charge in [0, 0.05) is 22.7 Å². The summed E-state index contributed by atoms with van der Waals surface area (Å²) >= 11 is 6.09. The summed E-state index contributed by atoms with van der Waals surface area (Å²) in [7, 11) is 0. The van der Waals surface area contributed by atoms with E-state index in [4.69, 9.17) is 37.7 Å². The van der Waals surface area contributed by atoms with Crippen molar-refractivity contribution in [3.8, 4) is 23.8 Å². The number of anilines is 2. The molecule has 152 valence electrons. The molecule has 0 aliphatic rings. The molecule has 1 heterocycles. The van der Waals surface area contributed by atoms with Gasteiger partial charge in [0.1, 0.15) is 19.0 Å². The van der Waals surface area contributed by atoms with Crippen molar-refractivity contribution >= 4 is 34.0 Å².